The van der Waals surface area contributed by atoms with E-state index in [4.69, 9.17) is 0 Å². The highest BCUT2D eigenvalue weighted by molar-refractivity contribution is 5.15. The van der Waals surface area contributed by atoms with Gasteiger partial charge in [0.05, 0.1) is 0 Å². The van der Waals surface area contributed by atoms with Gasteiger partial charge in [-0.2, -0.15) is 0 Å². The molecule has 3 atom stereocenters. The van der Waals surface area contributed by atoms with Gasteiger partial charge >= 0.3 is 0 Å². The maximum Gasteiger partial charge on any atom is 0.0419 e. The average Bonchev–Trinajstić information content (AvgIpc) is 2.52. The van der Waals surface area contributed by atoms with Gasteiger partial charge in [-0.15, -0.1) is 0 Å². The number of nitrogens with zero attached hydrogens (tertiary/aromatic N) is 1. The molecule has 1 fully saturated rings. The predicted molar refractivity (Wildman–Crippen MR) is 90.5 cm³/mol. The topological polar surface area (TPSA) is 24.9 Å². The van der Waals surface area contributed by atoms with E-state index in [0.717, 1.165) is 31.2 Å². The van der Waals surface area contributed by atoms with Crippen LogP contribution in [0.1, 0.15) is 64.1 Å². The summed E-state index contributed by atoms with van der Waals surface area (Å²) < 4.78 is 0. The Morgan fingerprint density at radius 2 is 2.14 bits per heavy atom. The van der Waals surface area contributed by atoms with E-state index >= 15 is 0 Å². The van der Waals surface area contributed by atoms with E-state index in [2.05, 4.69) is 49.4 Å². The Bertz CT molecular complexity index is 399. The summed E-state index contributed by atoms with van der Waals surface area (Å²) in [5, 5.41) is 3.80. The Labute approximate surface area is 130 Å². The first-order valence-electron chi connectivity index (χ1n) is 8.90. The summed E-state index contributed by atoms with van der Waals surface area (Å²) in [6.45, 7) is 7.98. The molecular weight excluding hydrogens is 256 g/mol. The number of pyridine rings is 1. The molecule has 3 unspecified atom stereocenters. The van der Waals surface area contributed by atoms with Crippen LogP contribution in [0.15, 0.2) is 18.3 Å². The SMILES string of the molecule is CCCNC(Cc1ccc(CC)cn1)C1CCCC(C)C1. The van der Waals surface area contributed by atoms with Gasteiger partial charge in [0.1, 0.15) is 0 Å². The summed E-state index contributed by atoms with van der Waals surface area (Å²) in [6.07, 6.45) is 11.0. The molecule has 2 nitrogen and oxygen atoms in total. The van der Waals surface area contributed by atoms with Crippen LogP contribution in [0.4, 0.5) is 0 Å². The van der Waals surface area contributed by atoms with Crippen LogP contribution in [0.3, 0.4) is 0 Å². The summed E-state index contributed by atoms with van der Waals surface area (Å²) in [7, 11) is 0. The van der Waals surface area contributed by atoms with Gasteiger partial charge in [0.25, 0.3) is 0 Å². The largest absolute Gasteiger partial charge is 0.313 e. The molecule has 1 aromatic rings. The number of nitrogens with one attached hydrogen (secondary N) is 1. The molecule has 1 heterocycles. The van der Waals surface area contributed by atoms with E-state index in [0.29, 0.717) is 6.04 Å². The van der Waals surface area contributed by atoms with Gasteiger partial charge in [0, 0.05) is 24.4 Å². The summed E-state index contributed by atoms with van der Waals surface area (Å²) in [4.78, 5) is 4.67. The Balaban J connectivity index is 2.00. The zero-order valence-corrected chi connectivity index (χ0v) is 14.1. The lowest BCUT2D eigenvalue weighted by Gasteiger charge is -2.34. The highest BCUT2D eigenvalue weighted by Gasteiger charge is 2.26. The van der Waals surface area contributed by atoms with E-state index in [1.165, 1.54) is 43.4 Å². The van der Waals surface area contributed by atoms with Gasteiger partial charge in [-0.05, 0) is 55.7 Å². The number of hydrogen-bond donors (Lipinski definition) is 1. The quantitative estimate of drug-likeness (QED) is 0.805. The molecule has 0 saturated heterocycles. The van der Waals surface area contributed by atoms with Crippen LogP contribution >= 0.6 is 0 Å². The van der Waals surface area contributed by atoms with Gasteiger partial charge in [0.15, 0.2) is 0 Å². The third-order valence-electron chi connectivity index (χ3n) is 4.93. The second kappa shape index (κ2) is 8.53. The smallest absolute Gasteiger partial charge is 0.0419 e. The number of aromatic nitrogens is 1. The monoisotopic (exact) mass is 288 g/mol. The molecule has 0 aliphatic heterocycles. The van der Waals surface area contributed by atoms with Crippen molar-refractivity contribution in [3.63, 3.8) is 0 Å². The predicted octanol–water partition coefficient (Wildman–Crippen LogP) is 4.38. The van der Waals surface area contributed by atoms with Crippen molar-refractivity contribution in [3.8, 4) is 0 Å². The molecule has 1 N–H and O–H groups in total. The lowest BCUT2D eigenvalue weighted by Crippen LogP contribution is -2.40. The fourth-order valence-electron chi connectivity index (χ4n) is 3.59. The average molecular weight is 288 g/mol. The third kappa shape index (κ3) is 5.10. The maximum absolute atomic E-state index is 4.67. The molecule has 0 radical (unpaired) electrons. The van der Waals surface area contributed by atoms with Crippen molar-refractivity contribution in [1.82, 2.24) is 10.3 Å². The van der Waals surface area contributed by atoms with E-state index in [-0.39, 0.29) is 0 Å². The van der Waals surface area contributed by atoms with E-state index in [1.54, 1.807) is 0 Å². The molecule has 2 heteroatoms. The zero-order valence-electron chi connectivity index (χ0n) is 14.1. The molecule has 0 aromatic carbocycles. The van der Waals surface area contributed by atoms with Crippen molar-refractivity contribution in [2.45, 2.75) is 71.8 Å². The zero-order chi connectivity index (χ0) is 15.1. The summed E-state index contributed by atoms with van der Waals surface area (Å²) in [5.41, 5.74) is 2.59. The number of aryl methyl sites for hydroxylation is 1. The highest BCUT2D eigenvalue weighted by Crippen LogP contribution is 2.31. The maximum atomic E-state index is 4.67. The molecule has 21 heavy (non-hydrogen) atoms. The standard InChI is InChI=1S/C19H32N2/c1-4-11-20-19(17-8-6-7-15(3)12-17)13-18-10-9-16(5-2)14-21-18/h9-10,14-15,17,19-20H,4-8,11-13H2,1-3H3. The third-order valence-corrected chi connectivity index (χ3v) is 4.93. The van der Waals surface area contributed by atoms with E-state index < -0.39 is 0 Å². The van der Waals surface area contributed by atoms with Crippen molar-refractivity contribution in [3.05, 3.63) is 29.6 Å². The van der Waals surface area contributed by atoms with Crippen LogP contribution in [0.5, 0.6) is 0 Å². The van der Waals surface area contributed by atoms with Gasteiger partial charge in [0.2, 0.25) is 0 Å². The van der Waals surface area contributed by atoms with Crippen molar-refractivity contribution >= 4 is 0 Å². The highest BCUT2D eigenvalue weighted by atomic mass is 14.9. The van der Waals surface area contributed by atoms with Crippen molar-refractivity contribution in [1.29, 1.82) is 0 Å². The number of rotatable bonds is 7. The molecule has 118 valence electrons. The fraction of sp³-hybridized carbons (Fsp3) is 0.737. The first kappa shape index (κ1) is 16.5. The minimum Gasteiger partial charge on any atom is -0.313 e. The Hall–Kier alpha value is -0.890. The van der Waals surface area contributed by atoms with Crippen LogP contribution in [0, 0.1) is 11.8 Å². The van der Waals surface area contributed by atoms with Crippen LogP contribution in [-0.4, -0.2) is 17.6 Å². The first-order chi connectivity index (χ1) is 10.2. The van der Waals surface area contributed by atoms with Crippen molar-refractivity contribution < 1.29 is 0 Å². The van der Waals surface area contributed by atoms with Crippen LogP contribution in [-0.2, 0) is 12.8 Å². The van der Waals surface area contributed by atoms with Gasteiger partial charge < -0.3 is 5.32 Å². The normalized spacial score (nSPS) is 24.0. The van der Waals surface area contributed by atoms with Crippen LogP contribution in [0.25, 0.3) is 0 Å². The molecule has 2 rings (SSSR count). The molecule has 0 bridgehead atoms. The van der Waals surface area contributed by atoms with Gasteiger partial charge in [-0.1, -0.05) is 39.7 Å². The second-order valence-corrected chi connectivity index (χ2v) is 6.81. The van der Waals surface area contributed by atoms with Crippen molar-refractivity contribution in [2.75, 3.05) is 6.54 Å². The molecule has 0 spiro atoms. The minimum atomic E-state index is 0.604. The molecule has 0 amide bonds. The molecular formula is C19H32N2. The Kier molecular flexibility index (Phi) is 6.69. The summed E-state index contributed by atoms with van der Waals surface area (Å²) >= 11 is 0. The van der Waals surface area contributed by atoms with Gasteiger partial charge in [-0.3, -0.25) is 4.98 Å². The minimum absolute atomic E-state index is 0.604. The van der Waals surface area contributed by atoms with Crippen LogP contribution in [0.2, 0.25) is 0 Å². The first-order valence-corrected chi connectivity index (χ1v) is 8.90. The lowest BCUT2D eigenvalue weighted by atomic mass is 9.77. The summed E-state index contributed by atoms with van der Waals surface area (Å²) in [5.74, 6) is 1.72. The number of hydrogen-bond acceptors (Lipinski definition) is 2. The molecule has 1 aliphatic rings. The Morgan fingerprint density at radius 1 is 1.29 bits per heavy atom. The van der Waals surface area contributed by atoms with E-state index in [9.17, 15) is 0 Å². The molecule has 1 aliphatic carbocycles. The lowest BCUT2D eigenvalue weighted by molar-refractivity contribution is 0.220. The molecule has 1 saturated carbocycles. The van der Waals surface area contributed by atoms with Crippen LogP contribution < -0.4 is 5.32 Å². The van der Waals surface area contributed by atoms with Crippen molar-refractivity contribution in [2.24, 2.45) is 11.8 Å². The van der Waals surface area contributed by atoms with E-state index in [1.807, 2.05) is 0 Å². The fourth-order valence-corrected chi connectivity index (χ4v) is 3.59. The van der Waals surface area contributed by atoms with Gasteiger partial charge in [-0.25, -0.2) is 0 Å². The summed E-state index contributed by atoms with van der Waals surface area (Å²) in [6, 6.07) is 5.07. The Morgan fingerprint density at radius 3 is 2.76 bits per heavy atom. The molecule has 1 aromatic heterocycles. The second-order valence-electron chi connectivity index (χ2n) is 6.81.